The van der Waals surface area contributed by atoms with Gasteiger partial charge in [-0.1, -0.05) is 43.9 Å². The Kier molecular flexibility index (Phi) is 6.13. The Morgan fingerprint density at radius 1 is 1.31 bits per heavy atom. The van der Waals surface area contributed by atoms with E-state index in [-0.39, 0.29) is 23.8 Å². The van der Waals surface area contributed by atoms with Gasteiger partial charge in [0.25, 0.3) is 0 Å². The van der Waals surface area contributed by atoms with Crippen LogP contribution in [0.1, 0.15) is 56.9 Å². The van der Waals surface area contributed by atoms with E-state index in [1.165, 1.54) is 12.1 Å². The summed E-state index contributed by atoms with van der Waals surface area (Å²) >= 11 is 0. The molecule has 2 unspecified atom stereocenters. The first-order valence-corrected chi connectivity index (χ1v) is 9.90. The minimum Gasteiger partial charge on any atom is -0.461 e. The van der Waals surface area contributed by atoms with Crippen LogP contribution in [-0.2, 0) is 14.9 Å². The van der Waals surface area contributed by atoms with Crippen LogP contribution in [0.2, 0.25) is 0 Å². The summed E-state index contributed by atoms with van der Waals surface area (Å²) in [5.74, 6) is 0.155. The molecule has 3 atom stereocenters. The highest BCUT2D eigenvalue weighted by atomic mass is 19.1. The van der Waals surface area contributed by atoms with Gasteiger partial charge in [-0.3, -0.25) is 4.79 Å². The van der Waals surface area contributed by atoms with Crippen molar-refractivity contribution in [2.24, 2.45) is 17.6 Å². The lowest BCUT2D eigenvalue weighted by atomic mass is 9.68. The van der Waals surface area contributed by atoms with E-state index in [0.29, 0.717) is 12.5 Å². The van der Waals surface area contributed by atoms with Gasteiger partial charge in [-0.2, -0.15) is 0 Å². The molecule has 0 heterocycles. The van der Waals surface area contributed by atoms with Crippen LogP contribution in [0.4, 0.5) is 4.39 Å². The van der Waals surface area contributed by atoms with Gasteiger partial charge < -0.3 is 10.5 Å². The van der Waals surface area contributed by atoms with Crippen LogP contribution in [0.15, 0.2) is 36.9 Å². The number of nitrogens with two attached hydrogens (primary N) is 1. The van der Waals surface area contributed by atoms with Crippen molar-refractivity contribution in [1.29, 1.82) is 0 Å². The van der Waals surface area contributed by atoms with Crippen molar-refractivity contribution >= 4 is 5.97 Å². The van der Waals surface area contributed by atoms with E-state index in [2.05, 4.69) is 6.58 Å². The number of hydrogen-bond acceptors (Lipinski definition) is 3. The zero-order valence-corrected chi connectivity index (χ0v) is 15.5. The second kappa shape index (κ2) is 8.34. The van der Waals surface area contributed by atoms with Crippen LogP contribution in [0.3, 0.4) is 0 Å². The lowest BCUT2D eigenvalue weighted by Gasteiger charge is -2.44. The Morgan fingerprint density at radius 3 is 2.65 bits per heavy atom. The molecule has 2 saturated carbocycles. The molecular formula is C22H30FNO2. The van der Waals surface area contributed by atoms with Gasteiger partial charge in [-0.15, -0.1) is 6.58 Å². The number of ether oxygens (including phenoxy) is 1. The summed E-state index contributed by atoms with van der Waals surface area (Å²) in [6.07, 6.45) is 9.13. The minimum atomic E-state index is -0.717. The molecule has 26 heavy (non-hydrogen) atoms. The summed E-state index contributed by atoms with van der Waals surface area (Å²) < 4.78 is 19.9. The Bertz CT molecular complexity index is 637. The fourth-order valence-corrected chi connectivity index (χ4v) is 4.68. The molecule has 0 radical (unpaired) electrons. The maximum absolute atomic E-state index is 13.9. The van der Waals surface area contributed by atoms with Crippen LogP contribution in [0, 0.1) is 17.7 Å². The highest BCUT2D eigenvalue weighted by Gasteiger charge is 2.47. The number of esters is 1. The fourth-order valence-electron chi connectivity index (χ4n) is 4.68. The topological polar surface area (TPSA) is 52.3 Å². The van der Waals surface area contributed by atoms with Crippen molar-refractivity contribution in [3.63, 3.8) is 0 Å². The molecule has 0 spiro atoms. The van der Waals surface area contributed by atoms with Gasteiger partial charge in [0, 0.05) is 5.92 Å². The van der Waals surface area contributed by atoms with Crippen molar-refractivity contribution in [2.45, 2.75) is 62.9 Å². The third-order valence-corrected chi connectivity index (χ3v) is 6.32. The largest absolute Gasteiger partial charge is 0.461 e. The third kappa shape index (κ3) is 3.71. The lowest BCUT2D eigenvalue weighted by molar-refractivity contribution is -0.169. The van der Waals surface area contributed by atoms with Crippen molar-refractivity contribution in [3.8, 4) is 0 Å². The zero-order chi connectivity index (χ0) is 18.6. The maximum Gasteiger partial charge on any atom is 0.316 e. The molecule has 0 bridgehead atoms. The fraction of sp³-hybridized carbons (Fsp3) is 0.591. The standard InChI is InChI=1S/C22H30FNO2/c1-2-16-14-20(19(16)10-13-24)26-21(25)22(11-5-3-4-6-12-22)17-8-7-9-18(23)15-17/h2,7-9,15-16,19-20H,1,3-6,10-14,24H2/t16?,19?,20-/m0/s1. The molecule has 1 aromatic rings. The first-order chi connectivity index (χ1) is 12.6. The SMILES string of the molecule is C=CC1C[C@H](OC(=O)C2(c3cccc(F)c3)CCCCCC2)C1CCN. The van der Waals surface area contributed by atoms with E-state index in [4.69, 9.17) is 10.5 Å². The molecule has 4 heteroatoms. The number of hydrogen-bond donors (Lipinski definition) is 1. The average molecular weight is 359 g/mol. The number of benzene rings is 1. The Labute approximate surface area is 155 Å². The minimum absolute atomic E-state index is 0.0947. The predicted molar refractivity (Wildman–Crippen MR) is 101 cm³/mol. The predicted octanol–water partition coefficient (Wildman–Crippen LogP) is 4.50. The summed E-state index contributed by atoms with van der Waals surface area (Å²) in [7, 11) is 0. The molecule has 2 aliphatic rings. The van der Waals surface area contributed by atoms with Crippen molar-refractivity contribution in [2.75, 3.05) is 6.54 Å². The van der Waals surface area contributed by atoms with E-state index in [1.54, 1.807) is 6.07 Å². The molecule has 1 aromatic carbocycles. The molecular weight excluding hydrogens is 329 g/mol. The Morgan fingerprint density at radius 2 is 2.04 bits per heavy atom. The number of rotatable bonds is 6. The summed E-state index contributed by atoms with van der Waals surface area (Å²) in [6, 6.07) is 6.51. The van der Waals surface area contributed by atoms with E-state index in [9.17, 15) is 9.18 Å². The van der Waals surface area contributed by atoms with Gasteiger partial charge in [0.1, 0.15) is 11.9 Å². The molecule has 3 rings (SSSR count). The second-order valence-corrected chi connectivity index (χ2v) is 7.83. The molecule has 2 N–H and O–H groups in total. The average Bonchev–Trinajstić information content (AvgIpc) is 2.89. The van der Waals surface area contributed by atoms with E-state index >= 15 is 0 Å². The highest BCUT2D eigenvalue weighted by Crippen LogP contribution is 2.44. The molecule has 0 aliphatic heterocycles. The van der Waals surface area contributed by atoms with Gasteiger partial charge in [0.05, 0.1) is 5.41 Å². The molecule has 0 aromatic heterocycles. The normalized spacial score (nSPS) is 27.8. The van der Waals surface area contributed by atoms with Crippen LogP contribution in [0.25, 0.3) is 0 Å². The summed E-state index contributed by atoms with van der Waals surface area (Å²) in [4.78, 5) is 13.3. The van der Waals surface area contributed by atoms with Crippen LogP contribution >= 0.6 is 0 Å². The van der Waals surface area contributed by atoms with Crippen LogP contribution in [-0.4, -0.2) is 18.6 Å². The molecule has 0 saturated heterocycles. The number of carbonyl (C=O) groups excluding carboxylic acids is 1. The molecule has 2 fully saturated rings. The molecule has 2 aliphatic carbocycles. The van der Waals surface area contributed by atoms with Gasteiger partial charge in [0.2, 0.25) is 0 Å². The first kappa shape index (κ1) is 19.1. The quantitative estimate of drug-likeness (QED) is 0.462. The molecule has 3 nitrogen and oxygen atoms in total. The smallest absolute Gasteiger partial charge is 0.316 e. The van der Waals surface area contributed by atoms with Gasteiger partial charge in [-0.05, 0) is 55.8 Å². The van der Waals surface area contributed by atoms with Gasteiger partial charge in [0.15, 0.2) is 0 Å². The van der Waals surface area contributed by atoms with Gasteiger partial charge in [-0.25, -0.2) is 4.39 Å². The number of halogens is 1. The lowest BCUT2D eigenvalue weighted by Crippen LogP contribution is -2.48. The summed E-state index contributed by atoms with van der Waals surface area (Å²) in [5.41, 5.74) is 5.78. The highest BCUT2D eigenvalue weighted by molar-refractivity contribution is 5.83. The Balaban J connectivity index is 1.83. The van der Waals surface area contributed by atoms with E-state index in [0.717, 1.165) is 56.9 Å². The van der Waals surface area contributed by atoms with Crippen molar-refractivity contribution in [3.05, 3.63) is 48.3 Å². The van der Waals surface area contributed by atoms with Crippen molar-refractivity contribution in [1.82, 2.24) is 0 Å². The second-order valence-electron chi connectivity index (χ2n) is 7.83. The summed E-state index contributed by atoms with van der Waals surface area (Å²) in [6.45, 7) is 4.46. The number of allylic oxidation sites excluding steroid dienone is 1. The third-order valence-electron chi connectivity index (χ3n) is 6.32. The summed E-state index contributed by atoms with van der Waals surface area (Å²) in [5, 5.41) is 0. The monoisotopic (exact) mass is 359 g/mol. The van der Waals surface area contributed by atoms with Gasteiger partial charge >= 0.3 is 5.97 Å². The number of carbonyl (C=O) groups is 1. The maximum atomic E-state index is 13.9. The van der Waals surface area contributed by atoms with Crippen molar-refractivity contribution < 1.29 is 13.9 Å². The zero-order valence-electron chi connectivity index (χ0n) is 15.5. The molecule has 0 amide bonds. The van der Waals surface area contributed by atoms with Crippen LogP contribution < -0.4 is 5.73 Å². The first-order valence-electron chi connectivity index (χ1n) is 9.90. The van der Waals surface area contributed by atoms with E-state index in [1.807, 2.05) is 12.1 Å². The van der Waals surface area contributed by atoms with E-state index < -0.39 is 5.41 Å². The Hall–Kier alpha value is -1.68. The molecule has 142 valence electrons. The van der Waals surface area contributed by atoms with Crippen LogP contribution in [0.5, 0.6) is 0 Å².